The van der Waals surface area contributed by atoms with Gasteiger partial charge in [-0.15, -0.1) is 0 Å². The number of hydrogen-bond acceptors (Lipinski definition) is 3. The van der Waals surface area contributed by atoms with Crippen molar-refractivity contribution < 1.29 is 9.59 Å². The predicted octanol–water partition coefficient (Wildman–Crippen LogP) is 7.19. The Morgan fingerprint density at radius 2 is 1.52 bits per heavy atom. The SMILES string of the molecule is Cc1c(C)n(Cc2ccc(-c3ccccc3C(=O)NN)cc2)c2ccc(C(=O)NC(C)c3cccc(C(C)C)c3)cc12. The van der Waals surface area contributed by atoms with Crippen LogP contribution in [0.1, 0.15) is 81.4 Å². The van der Waals surface area contributed by atoms with Crippen molar-refractivity contribution in [2.75, 3.05) is 0 Å². The molecule has 6 nitrogen and oxygen atoms in total. The molecular weight excluding hydrogens is 520 g/mol. The van der Waals surface area contributed by atoms with Crippen molar-refractivity contribution in [3.63, 3.8) is 0 Å². The van der Waals surface area contributed by atoms with Crippen molar-refractivity contribution in [1.82, 2.24) is 15.3 Å². The number of nitrogens with one attached hydrogen (secondary N) is 2. The number of nitrogens with two attached hydrogens (primary N) is 1. The van der Waals surface area contributed by atoms with Gasteiger partial charge in [-0.1, -0.05) is 80.6 Å². The zero-order valence-corrected chi connectivity index (χ0v) is 24.9. The molecule has 0 aliphatic rings. The number of hydrogen-bond donors (Lipinski definition) is 3. The van der Waals surface area contributed by atoms with Crippen molar-refractivity contribution in [3.8, 4) is 11.1 Å². The molecule has 1 aromatic heterocycles. The zero-order valence-electron chi connectivity index (χ0n) is 24.9. The molecule has 6 heteroatoms. The number of carbonyl (C=O) groups excluding carboxylic acids is 2. The molecule has 5 aromatic rings. The van der Waals surface area contributed by atoms with E-state index in [4.69, 9.17) is 5.84 Å². The second-order valence-electron chi connectivity index (χ2n) is 11.3. The molecule has 0 fully saturated rings. The van der Waals surface area contributed by atoms with E-state index in [-0.39, 0.29) is 17.9 Å². The summed E-state index contributed by atoms with van der Waals surface area (Å²) in [6.45, 7) is 11.3. The average molecular weight is 559 g/mol. The van der Waals surface area contributed by atoms with E-state index < -0.39 is 0 Å². The van der Waals surface area contributed by atoms with Crippen LogP contribution in [0.2, 0.25) is 0 Å². The Hall–Kier alpha value is -4.68. The first-order valence-corrected chi connectivity index (χ1v) is 14.4. The Balaban J connectivity index is 1.37. The highest BCUT2D eigenvalue weighted by Crippen LogP contribution is 2.29. The fraction of sp³-hybridized carbons (Fsp3) is 0.222. The van der Waals surface area contributed by atoms with Gasteiger partial charge in [0, 0.05) is 34.3 Å². The number of amides is 2. The van der Waals surface area contributed by atoms with Gasteiger partial charge in [0.15, 0.2) is 0 Å². The smallest absolute Gasteiger partial charge is 0.265 e. The van der Waals surface area contributed by atoms with E-state index >= 15 is 0 Å². The molecule has 4 N–H and O–H groups in total. The van der Waals surface area contributed by atoms with Crippen LogP contribution in [-0.2, 0) is 6.54 Å². The molecule has 1 heterocycles. The monoisotopic (exact) mass is 558 g/mol. The third-order valence-corrected chi connectivity index (χ3v) is 8.23. The second kappa shape index (κ2) is 12.0. The number of nitrogen functional groups attached to an aromatic ring is 1. The van der Waals surface area contributed by atoms with Gasteiger partial charge in [0.1, 0.15) is 0 Å². The average Bonchev–Trinajstić information content (AvgIpc) is 3.25. The van der Waals surface area contributed by atoms with Crippen LogP contribution >= 0.6 is 0 Å². The zero-order chi connectivity index (χ0) is 30.0. The minimum Gasteiger partial charge on any atom is -0.346 e. The first kappa shape index (κ1) is 28.8. The molecule has 214 valence electrons. The maximum atomic E-state index is 13.3. The molecule has 1 unspecified atom stereocenters. The second-order valence-corrected chi connectivity index (χ2v) is 11.3. The Morgan fingerprint density at radius 1 is 0.810 bits per heavy atom. The lowest BCUT2D eigenvalue weighted by Gasteiger charge is -2.16. The molecule has 0 saturated heterocycles. The molecule has 5 rings (SSSR count). The summed E-state index contributed by atoms with van der Waals surface area (Å²) in [6, 6.07) is 30.0. The van der Waals surface area contributed by atoms with Gasteiger partial charge in [-0.05, 0) is 84.3 Å². The Kier molecular flexibility index (Phi) is 8.27. The number of aryl methyl sites for hydroxylation is 1. The largest absolute Gasteiger partial charge is 0.346 e. The Labute approximate surface area is 247 Å². The van der Waals surface area contributed by atoms with Crippen molar-refractivity contribution >= 4 is 22.7 Å². The minimum atomic E-state index is -0.317. The van der Waals surface area contributed by atoms with E-state index in [9.17, 15) is 9.59 Å². The fourth-order valence-electron chi connectivity index (χ4n) is 5.53. The van der Waals surface area contributed by atoms with E-state index in [1.54, 1.807) is 6.07 Å². The summed E-state index contributed by atoms with van der Waals surface area (Å²) >= 11 is 0. The summed E-state index contributed by atoms with van der Waals surface area (Å²) in [5, 5.41) is 4.26. The molecule has 0 aliphatic heterocycles. The number of nitrogens with zero attached hydrogens (tertiary/aromatic N) is 1. The first-order valence-electron chi connectivity index (χ1n) is 14.4. The van der Waals surface area contributed by atoms with Gasteiger partial charge in [0.05, 0.1) is 6.04 Å². The van der Waals surface area contributed by atoms with Crippen LogP contribution in [0.15, 0.2) is 91.0 Å². The van der Waals surface area contributed by atoms with E-state index in [1.807, 2.05) is 55.5 Å². The lowest BCUT2D eigenvalue weighted by Crippen LogP contribution is -2.30. The first-order chi connectivity index (χ1) is 20.2. The number of hydrazine groups is 1. The van der Waals surface area contributed by atoms with Crippen molar-refractivity contribution in [2.45, 2.75) is 53.1 Å². The molecule has 0 bridgehead atoms. The van der Waals surface area contributed by atoms with Crippen molar-refractivity contribution in [3.05, 3.63) is 130 Å². The summed E-state index contributed by atoms with van der Waals surface area (Å²) in [5.74, 6) is 5.42. The summed E-state index contributed by atoms with van der Waals surface area (Å²) in [5.41, 5.74) is 12.1. The van der Waals surface area contributed by atoms with Crippen LogP contribution < -0.4 is 16.6 Å². The maximum absolute atomic E-state index is 13.3. The molecule has 0 saturated carbocycles. The van der Waals surface area contributed by atoms with E-state index in [0.29, 0.717) is 23.6 Å². The van der Waals surface area contributed by atoms with Gasteiger partial charge in [-0.25, -0.2) is 5.84 Å². The summed E-state index contributed by atoms with van der Waals surface area (Å²) in [7, 11) is 0. The normalized spacial score (nSPS) is 12.0. The molecule has 1 atom stereocenters. The van der Waals surface area contributed by atoms with Gasteiger partial charge < -0.3 is 9.88 Å². The lowest BCUT2D eigenvalue weighted by atomic mass is 9.98. The predicted molar refractivity (Wildman–Crippen MR) is 170 cm³/mol. The Bertz CT molecular complexity index is 1770. The molecule has 2 amide bonds. The van der Waals surface area contributed by atoms with Crippen LogP contribution in [0.4, 0.5) is 0 Å². The number of benzene rings is 4. The quantitative estimate of drug-likeness (QED) is 0.107. The van der Waals surface area contributed by atoms with Crippen molar-refractivity contribution in [2.24, 2.45) is 5.84 Å². The molecule has 0 spiro atoms. The summed E-state index contributed by atoms with van der Waals surface area (Å²) in [4.78, 5) is 25.5. The summed E-state index contributed by atoms with van der Waals surface area (Å²) in [6.07, 6.45) is 0. The molecule has 0 radical (unpaired) electrons. The third kappa shape index (κ3) is 5.71. The molecule has 4 aromatic carbocycles. The number of aromatic nitrogens is 1. The van der Waals surface area contributed by atoms with Crippen LogP contribution in [0.25, 0.3) is 22.0 Å². The van der Waals surface area contributed by atoms with E-state index in [0.717, 1.165) is 44.4 Å². The highest BCUT2D eigenvalue weighted by atomic mass is 16.2. The van der Waals surface area contributed by atoms with Gasteiger partial charge in [0.25, 0.3) is 11.8 Å². The van der Waals surface area contributed by atoms with Crippen LogP contribution in [0.5, 0.6) is 0 Å². The van der Waals surface area contributed by atoms with Crippen LogP contribution in [0, 0.1) is 13.8 Å². The Morgan fingerprint density at radius 3 is 2.24 bits per heavy atom. The topological polar surface area (TPSA) is 89.2 Å². The standard InChI is InChI=1S/C36H38N4O2/c1-22(2)28-9-8-10-29(19-28)24(4)38-35(41)30-17-18-34-33(20-30)23(3)25(5)40(34)21-26-13-15-27(16-14-26)31-11-6-7-12-32(31)36(42)39-37/h6-20,22,24H,21,37H2,1-5H3,(H,38,41)(H,39,42). The number of carbonyl (C=O) groups is 2. The van der Waals surface area contributed by atoms with E-state index in [1.165, 1.54) is 5.56 Å². The molecule has 42 heavy (non-hydrogen) atoms. The minimum absolute atomic E-state index is 0.0802. The summed E-state index contributed by atoms with van der Waals surface area (Å²) < 4.78 is 2.29. The lowest BCUT2D eigenvalue weighted by molar-refractivity contribution is 0.0936. The van der Waals surface area contributed by atoms with Gasteiger partial charge in [-0.2, -0.15) is 0 Å². The highest BCUT2D eigenvalue weighted by Gasteiger charge is 2.17. The van der Waals surface area contributed by atoms with Crippen LogP contribution in [-0.4, -0.2) is 16.4 Å². The fourth-order valence-corrected chi connectivity index (χ4v) is 5.53. The van der Waals surface area contributed by atoms with Gasteiger partial charge >= 0.3 is 0 Å². The van der Waals surface area contributed by atoms with E-state index in [2.05, 4.69) is 79.4 Å². The van der Waals surface area contributed by atoms with Crippen LogP contribution in [0.3, 0.4) is 0 Å². The molecular formula is C36H38N4O2. The van der Waals surface area contributed by atoms with Gasteiger partial charge in [0.2, 0.25) is 0 Å². The molecule has 0 aliphatic carbocycles. The maximum Gasteiger partial charge on any atom is 0.265 e. The highest BCUT2D eigenvalue weighted by molar-refractivity contribution is 6.01. The number of fused-ring (bicyclic) bond motifs is 1. The third-order valence-electron chi connectivity index (χ3n) is 8.23. The van der Waals surface area contributed by atoms with Crippen molar-refractivity contribution in [1.29, 1.82) is 0 Å². The van der Waals surface area contributed by atoms with Gasteiger partial charge in [-0.3, -0.25) is 15.0 Å². The number of rotatable bonds is 8.